The number of amides is 1. The number of hydrogen-bond acceptors (Lipinski definition) is 3. The van der Waals surface area contributed by atoms with Crippen molar-refractivity contribution in [3.63, 3.8) is 0 Å². The third kappa shape index (κ3) is 3.48. The molecule has 0 aromatic carbocycles. The van der Waals surface area contributed by atoms with Crippen LogP contribution in [0.25, 0.3) is 0 Å². The minimum atomic E-state index is -0.839. The summed E-state index contributed by atoms with van der Waals surface area (Å²) < 4.78 is 0.0278. The molecule has 2 rings (SSSR count). The molecule has 3 atom stereocenters. The lowest BCUT2D eigenvalue weighted by Gasteiger charge is -2.33. The average molecular weight is 299 g/mol. The van der Waals surface area contributed by atoms with E-state index in [0.717, 1.165) is 19.3 Å². The van der Waals surface area contributed by atoms with Crippen LogP contribution in [0.2, 0.25) is 0 Å². The van der Waals surface area contributed by atoms with Gasteiger partial charge in [-0.05, 0) is 25.2 Å². The summed E-state index contributed by atoms with van der Waals surface area (Å²) in [4.78, 5) is 25.7. The number of aliphatic carboxylic acids is 1. The van der Waals surface area contributed by atoms with E-state index in [0.29, 0.717) is 18.1 Å². The fourth-order valence-corrected chi connectivity index (χ4v) is 4.10. The fourth-order valence-electron chi connectivity index (χ4n) is 3.39. The first-order chi connectivity index (χ1) is 9.29. The number of rotatable bonds is 3. The molecule has 1 saturated carbocycles. The van der Waals surface area contributed by atoms with Crippen LogP contribution in [0.1, 0.15) is 52.9 Å². The summed E-state index contributed by atoms with van der Waals surface area (Å²) in [6.45, 7) is 6.23. The number of carbonyl (C=O) groups excluding carboxylic acids is 1. The Hall–Kier alpha value is -0.710. The van der Waals surface area contributed by atoms with Crippen LogP contribution in [-0.4, -0.2) is 44.5 Å². The molecule has 4 nitrogen and oxygen atoms in total. The van der Waals surface area contributed by atoms with E-state index < -0.39 is 12.0 Å². The van der Waals surface area contributed by atoms with Gasteiger partial charge in [-0.1, -0.05) is 33.6 Å². The van der Waals surface area contributed by atoms with Crippen molar-refractivity contribution in [1.29, 1.82) is 0 Å². The van der Waals surface area contributed by atoms with Crippen LogP contribution < -0.4 is 0 Å². The first-order valence-electron chi connectivity index (χ1n) is 7.47. The highest BCUT2D eigenvalue weighted by Gasteiger charge is 2.47. The van der Waals surface area contributed by atoms with Gasteiger partial charge in [-0.15, -0.1) is 11.8 Å². The Balaban J connectivity index is 2.08. The van der Waals surface area contributed by atoms with Gasteiger partial charge in [-0.2, -0.15) is 0 Å². The predicted molar refractivity (Wildman–Crippen MR) is 80.8 cm³/mol. The molecule has 3 unspecified atom stereocenters. The topological polar surface area (TPSA) is 57.6 Å². The van der Waals surface area contributed by atoms with Gasteiger partial charge in [0, 0.05) is 10.8 Å². The van der Waals surface area contributed by atoms with Gasteiger partial charge in [0.2, 0.25) is 5.91 Å². The maximum absolute atomic E-state index is 12.5. The zero-order chi connectivity index (χ0) is 14.9. The molecular weight excluding hydrogens is 274 g/mol. The van der Waals surface area contributed by atoms with Crippen molar-refractivity contribution in [3.8, 4) is 0 Å². The molecule has 1 heterocycles. The molecule has 1 saturated heterocycles. The minimum Gasteiger partial charge on any atom is -0.480 e. The molecule has 1 aliphatic heterocycles. The van der Waals surface area contributed by atoms with Crippen LogP contribution >= 0.6 is 11.8 Å². The smallest absolute Gasteiger partial charge is 0.326 e. The van der Waals surface area contributed by atoms with E-state index in [1.165, 1.54) is 6.42 Å². The Morgan fingerprint density at radius 3 is 2.50 bits per heavy atom. The number of thioether (sulfide) groups is 1. The number of hydrogen-bond donors (Lipinski definition) is 1. The second-order valence-corrected chi connectivity index (χ2v) is 8.71. The monoisotopic (exact) mass is 299 g/mol. The zero-order valence-electron chi connectivity index (χ0n) is 12.6. The van der Waals surface area contributed by atoms with Gasteiger partial charge < -0.3 is 10.0 Å². The van der Waals surface area contributed by atoms with E-state index >= 15 is 0 Å². The Kier molecular flexibility index (Phi) is 4.67. The van der Waals surface area contributed by atoms with Crippen LogP contribution in [0.15, 0.2) is 0 Å². The van der Waals surface area contributed by atoms with Gasteiger partial charge in [0.05, 0.1) is 5.75 Å². The Morgan fingerprint density at radius 2 is 1.90 bits per heavy atom. The molecule has 0 radical (unpaired) electrons. The average Bonchev–Trinajstić information content (AvgIpc) is 2.74. The number of nitrogens with zero attached hydrogens (tertiary/aromatic N) is 1. The highest BCUT2D eigenvalue weighted by Crippen LogP contribution is 2.40. The minimum absolute atomic E-state index is 0.00623. The van der Waals surface area contributed by atoms with Crippen LogP contribution in [-0.2, 0) is 9.59 Å². The highest BCUT2D eigenvalue weighted by molar-refractivity contribution is 8.01. The van der Waals surface area contributed by atoms with Crippen LogP contribution in [0, 0.1) is 5.92 Å². The van der Waals surface area contributed by atoms with Crippen molar-refractivity contribution in [2.24, 2.45) is 5.92 Å². The Labute approximate surface area is 125 Å². The summed E-state index contributed by atoms with van der Waals surface area (Å²) in [6.07, 6.45) is 4.98. The molecule has 0 spiro atoms. The summed E-state index contributed by atoms with van der Waals surface area (Å²) in [6, 6.07) is -0.436. The summed E-state index contributed by atoms with van der Waals surface area (Å²) >= 11 is 1.60. The van der Waals surface area contributed by atoms with E-state index in [1.807, 2.05) is 0 Å². The van der Waals surface area contributed by atoms with Crippen molar-refractivity contribution in [2.75, 3.05) is 5.75 Å². The van der Waals surface area contributed by atoms with Gasteiger partial charge in [0.1, 0.15) is 6.04 Å². The van der Waals surface area contributed by atoms with Crippen molar-refractivity contribution < 1.29 is 14.7 Å². The summed E-state index contributed by atoms with van der Waals surface area (Å²) in [5.74, 6) is -0.0510. The SMILES string of the molecule is CC(C)(C)SCC(=O)N1C(C(=O)O)CC2CCCCC21. The highest BCUT2D eigenvalue weighted by atomic mass is 32.2. The molecule has 0 aromatic rings. The first-order valence-corrected chi connectivity index (χ1v) is 8.46. The lowest BCUT2D eigenvalue weighted by Crippen LogP contribution is -2.47. The molecule has 5 heteroatoms. The van der Waals surface area contributed by atoms with Gasteiger partial charge in [0.25, 0.3) is 0 Å². The van der Waals surface area contributed by atoms with Crippen molar-refractivity contribution in [2.45, 2.75) is 69.7 Å². The van der Waals surface area contributed by atoms with Crippen LogP contribution in [0.5, 0.6) is 0 Å². The van der Waals surface area contributed by atoms with E-state index in [4.69, 9.17) is 0 Å². The number of fused-ring (bicyclic) bond motifs is 1. The molecule has 0 aromatic heterocycles. The number of carboxylic acid groups (broad SMARTS) is 1. The molecule has 2 fully saturated rings. The van der Waals surface area contributed by atoms with E-state index in [9.17, 15) is 14.7 Å². The summed E-state index contributed by atoms with van der Waals surface area (Å²) in [5.41, 5.74) is 0. The van der Waals surface area contributed by atoms with Gasteiger partial charge in [0.15, 0.2) is 0 Å². The summed E-state index contributed by atoms with van der Waals surface area (Å²) in [7, 11) is 0. The fraction of sp³-hybridized carbons (Fsp3) is 0.867. The lowest BCUT2D eigenvalue weighted by atomic mass is 9.85. The van der Waals surface area contributed by atoms with Gasteiger partial charge in [-0.25, -0.2) is 4.79 Å². The van der Waals surface area contributed by atoms with E-state index in [-0.39, 0.29) is 16.7 Å². The molecule has 0 bridgehead atoms. The normalized spacial score (nSPS) is 30.1. The van der Waals surface area contributed by atoms with E-state index in [1.54, 1.807) is 16.7 Å². The Morgan fingerprint density at radius 1 is 1.25 bits per heavy atom. The van der Waals surface area contributed by atoms with Gasteiger partial charge >= 0.3 is 5.97 Å². The third-order valence-electron chi connectivity index (χ3n) is 4.29. The second-order valence-electron chi connectivity index (χ2n) is 6.90. The van der Waals surface area contributed by atoms with Crippen molar-refractivity contribution in [1.82, 2.24) is 4.90 Å². The summed E-state index contributed by atoms with van der Waals surface area (Å²) in [5, 5.41) is 9.41. The predicted octanol–water partition coefficient (Wildman–Crippen LogP) is 2.76. The van der Waals surface area contributed by atoms with Crippen LogP contribution in [0.4, 0.5) is 0 Å². The molecule has 1 amide bonds. The maximum atomic E-state index is 12.5. The molecule has 1 aliphatic carbocycles. The zero-order valence-corrected chi connectivity index (χ0v) is 13.4. The molecular formula is C15H25NO3S. The van der Waals surface area contributed by atoms with Crippen molar-refractivity contribution in [3.05, 3.63) is 0 Å². The Bertz CT molecular complexity index is 391. The number of carboxylic acids is 1. The van der Waals surface area contributed by atoms with Gasteiger partial charge in [-0.3, -0.25) is 4.79 Å². The maximum Gasteiger partial charge on any atom is 0.326 e. The van der Waals surface area contributed by atoms with E-state index in [2.05, 4.69) is 20.8 Å². The molecule has 2 aliphatic rings. The standard InChI is InChI=1S/C15H25NO3S/c1-15(2,3)20-9-13(17)16-11-7-5-4-6-10(11)8-12(16)14(18)19/h10-12H,4-9H2,1-3H3,(H,18,19). The number of carbonyl (C=O) groups is 2. The molecule has 20 heavy (non-hydrogen) atoms. The van der Waals surface area contributed by atoms with Crippen LogP contribution in [0.3, 0.4) is 0 Å². The lowest BCUT2D eigenvalue weighted by molar-refractivity contribution is -0.148. The molecule has 114 valence electrons. The first kappa shape index (κ1) is 15.7. The quantitative estimate of drug-likeness (QED) is 0.870. The number of likely N-dealkylation sites (tertiary alicyclic amines) is 1. The molecule has 1 N–H and O–H groups in total. The second kappa shape index (κ2) is 5.96. The largest absolute Gasteiger partial charge is 0.480 e. The third-order valence-corrected chi connectivity index (χ3v) is 5.55. The van der Waals surface area contributed by atoms with Crippen molar-refractivity contribution >= 4 is 23.6 Å².